The first-order valence-corrected chi connectivity index (χ1v) is 4.04. The summed E-state index contributed by atoms with van der Waals surface area (Å²) in [5, 5.41) is 0. The van der Waals surface area contributed by atoms with Crippen LogP contribution in [0.3, 0.4) is 0 Å². The molecule has 0 aliphatic carbocycles. The highest BCUT2D eigenvalue weighted by molar-refractivity contribution is 5.35. The molecule has 0 radical (unpaired) electrons. The zero-order valence-electron chi connectivity index (χ0n) is 7.47. The Morgan fingerprint density at radius 3 is 2.67 bits per heavy atom. The van der Waals surface area contributed by atoms with Gasteiger partial charge in [-0.2, -0.15) is 0 Å². The molecule has 2 heteroatoms. The normalized spacial score (nSPS) is 13.0. The van der Waals surface area contributed by atoms with Crippen LogP contribution in [0.2, 0.25) is 0 Å². The summed E-state index contributed by atoms with van der Waals surface area (Å²) in [6.45, 7) is 3.48. The molecule has 12 heavy (non-hydrogen) atoms. The van der Waals surface area contributed by atoms with Gasteiger partial charge in [0.15, 0.2) is 0 Å². The maximum Gasteiger partial charge on any atom is 0.109 e. The number of aryl methyl sites for hydroxylation is 1. The Morgan fingerprint density at radius 1 is 1.42 bits per heavy atom. The molecule has 1 aromatic rings. The van der Waals surface area contributed by atoms with Crippen LogP contribution in [0.1, 0.15) is 22.7 Å². The van der Waals surface area contributed by atoms with E-state index in [-0.39, 0.29) is 0 Å². The van der Waals surface area contributed by atoms with E-state index in [1.54, 1.807) is 0 Å². The van der Waals surface area contributed by atoms with Crippen LogP contribution in [0.15, 0.2) is 18.2 Å². The molecule has 1 nitrogen and oxygen atoms in total. The molecule has 1 rings (SSSR count). The van der Waals surface area contributed by atoms with Gasteiger partial charge in [0.1, 0.15) is 6.67 Å². The molecule has 2 N–H and O–H groups in total. The molecular formula is C10H14FN. The molecule has 0 aliphatic heterocycles. The molecule has 0 bridgehead atoms. The summed E-state index contributed by atoms with van der Waals surface area (Å²) in [6, 6.07) is 5.33. The predicted molar refractivity (Wildman–Crippen MR) is 48.8 cm³/mol. The Hall–Kier alpha value is -0.890. The summed E-state index contributed by atoms with van der Waals surface area (Å²) >= 11 is 0. The lowest BCUT2D eigenvalue weighted by Crippen LogP contribution is -2.13. The number of rotatable bonds is 2. The Kier molecular flexibility index (Phi) is 2.82. The van der Waals surface area contributed by atoms with Crippen molar-refractivity contribution in [2.24, 2.45) is 5.73 Å². The smallest absolute Gasteiger partial charge is 0.109 e. The number of halogens is 1. The first-order valence-electron chi connectivity index (χ1n) is 4.04. The van der Waals surface area contributed by atoms with E-state index in [1.807, 2.05) is 32.0 Å². The average Bonchev–Trinajstić information content (AvgIpc) is 2.08. The summed E-state index contributed by atoms with van der Waals surface area (Å²) in [5.74, 6) is 0. The third-order valence-electron chi connectivity index (χ3n) is 2.21. The Morgan fingerprint density at radius 2 is 2.08 bits per heavy atom. The van der Waals surface area contributed by atoms with Crippen molar-refractivity contribution >= 4 is 0 Å². The molecule has 0 saturated heterocycles. The lowest BCUT2D eigenvalue weighted by Gasteiger charge is -2.12. The summed E-state index contributed by atoms with van der Waals surface area (Å²) in [7, 11) is 0. The van der Waals surface area contributed by atoms with Crippen molar-refractivity contribution in [3.05, 3.63) is 34.9 Å². The van der Waals surface area contributed by atoms with Crippen LogP contribution in [-0.2, 0) is 0 Å². The minimum Gasteiger partial charge on any atom is -0.322 e. The first-order chi connectivity index (χ1) is 5.66. The van der Waals surface area contributed by atoms with Gasteiger partial charge in [-0.1, -0.05) is 18.2 Å². The maximum atomic E-state index is 12.3. The molecule has 0 aliphatic rings. The van der Waals surface area contributed by atoms with E-state index in [0.717, 1.165) is 16.7 Å². The Balaban J connectivity index is 3.07. The fraction of sp³-hybridized carbons (Fsp3) is 0.400. The van der Waals surface area contributed by atoms with Crippen LogP contribution in [0.25, 0.3) is 0 Å². The quantitative estimate of drug-likeness (QED) is 0.718. The van der Waals surface area contributed by atoms with E-state index in [4.69, 9.17) is 5.73 Å². The number of hydrogen-bond acceptors (Lipinski definition) is 1. The van der Waals surface area contributed by atoms with Crippen LogP contribution < -0.4 is 5.73 Å². The number of hydrogen-bond donors (Lipinski definition) is 1. The van der Waals surface area contributed by atoms with E-state index in [0.29, 0.717) is 0 Å². The van der Waals surface area contributed by atoms with E-state index in [2.05, 4.69) is 0 Å². The molecular weight excluding hydrogens is 153 g/mol. The summed E-state index contributed by atoms with van der Waals surface area (Å²) < 4.78 is 12.3. The van der Waals surface area contributed by atoms with Gasteiger partial charge in [-0.3, -0.25) is 0 Å². The highest BCUT2D eigenvalue weighted by Gasteiger charge is 2.08. The molecule has 0 fully saturated rings. The van der Waals surface area contributed by atoms with E-state index >= 15 is 0 Å². The Labute approximate surface area is 72.4 Å². The molecule has 1 atom stereocenters. The molecule has 0 heterocycles. The predicted octanol–water partition coefficient (Wildman–Crippen LogP) is 2.27. The largest absolute Gasteiger partial charge is 0.322 e. The van der Waals surface area contributed by atoms with Gasteiger partial charge in [-0.05, 0) is 30.5 Å². The molecule has 1 aromatic carbocycles. The van der Waals surface area contributed by atoms with Gasteiger partial charge in [-0.25, -0.2) is 4.39 Å². The van der Waals surface area contributed by atoms with Gasteiger partial charge in [-0.15, -0.1) is 0 Å². The van der Waals surface area contributed by atoms with Crippen LogP contribution in [0.5, 0.6) is 0 Å². The molecule has 0 unspecified atom stereocenters. The number of alkyl halides is 1. The zero-order valence-corrected chi connectivity index (χ0v) is 7.47. The standard InChI is InChI=1S/C10H14FN/c1-7-4-3-5-9(8(7)2)10(12)6-11/h3-5,10H,6,12H2,1-2H3/t10-/m0/s1. The zero-order chi connectivity index (χ0) is 9.14. The molecule has 66 valence electrons. The van der Waals surface area contributed by atoms with Gasteiger partial charge in [0.2, 0.25) is 0 Å². The topological polar surface area (TPSA) is 26.0 Å². The van der Waals surface area contributed by atoms with Crippen molar-refractivity contribution in [1.82, 2.24) is 0 Å². The lowest BCUT2D eigenvalue weighted by molar-refractivity contribution is 0.436. The Bertz CT molecular complexity index is 271. The maximum absolute atomic E-state index is 12.3. The second kappa shape index (κ2) is 3.68. The fourth-order valence-electron chi connectivity index (χ4n) is 1.26. The SMILES string of the molecule is Cc1cccc([C@@H](N)CF)c1C. The lowest BCUT2D eigenvalue weighted by atomic mass is 9.99. The molecule has 0 amide bonds. The van der Waals surface area contributed by atoms with Gasteiger partial charge < -0.3 is 5.73 Å². The van der Waals surface area contributed by atoms with Crippen molar-refractivity contribution in [2.75, 3.05) is 6.67 Å². The van der Waals surface area contributed by atoms with Gasteiger partial charge in [0.05, 0.1) is 6.04 Å². The summed E-state index contributed by atoms with van der Waals surface area (Å²) in [5.41, 5.74) is 8.77. The monoisotopic (exact) mass is 167 g/mol. The second-order valence-corrected chi connectivity index (χ2v) is 3.05. The van der Waals surface area contributed by atoms with Crippen molar-refractivity contribution < 1.29 is 4.39 Å². The first kappa shape index (κ1) is 9.20. The highest BCUT2D eigenvalue weighted by Crippen LogP contribution is 2.18. The van der Waals surface area contributed by atoms with Crippen LogP contribution >= 0.6 is 0 Å². The van der Waals surface area contributed by atoms with Crippen LogP contribution in [0, 0.1) is 13.8 Å². The highest BCUT2D eigenvalue weighted by atomic mass is 19.1. The molecule has 0 spiro atoms. The number of nitrogens with two attached hydrogens (primary N) is 1. The molecule has 0 saturated carbocycles. The van der Waals surface area contributed by atoms with E-state index in [9.17, 15) is 4.39 Å². The van der Waals surface area contributed by atoms with Crippen molar-refractivity contribution in [1.29, 1.82) is 0 Å². The van der Waals surface area contributed by atoms with Crippen LogP contribution in [-0.4, -0.2) is 6.67 Å². The van der Waals surface area contributed by atoms with Gasteiger partial charge in [0, 0.05) is 0 Å². The average molecular weight is 167 g/mol. The second-order valence-electron chi connectivity index (χ2n) is 3.05. The van der Waals surface area contributed by atoms with Crippen molar-refractivity contribution in [3.8, 4) is 0 Å². The summed E-state index contributed by atoms with van der Waals surface area (Å²) in [4.78, 5) is 0. The van der Waals surface area contributed by atoms with E-state index < -0.39 is 12.7 Å². The number of benzene rings is 1. The third kappa shape index (κ3) is 1.64. The van der Waals surface area contributed by atoms with Crippen molar-refractivity contribution in [3.63, 3.8) is 0 Å². The van der Waals surface area contributed by atoms with Gasteiger partial charge >= 0.3 is 0 Å². The van der Waals surface area contributed by atoms with E-state index in [1.165, 1.54) is 0 Å². The molecule has 0 aromatic heterocycles. The minimum absolute atomic E-state index is 0.468. The van der Waals surface area contributed by atoms with Gasteiger partial charge in [0.25, 0.3) is 0 Å². The van der Waals surface area contributed by atoms with Crippen molar-refractivity contribution in [2.45, 2.75) is 19.9 Å². The van der Waals surface area contributed by atoms with Crippen LogP contribution in [0.4, 0.5) is 4.39 Å². The minimum atomic E-state index is -0.496. The third-order valence-corrected chi connectivity index (χ3v) is 2.21. The fourth-order valence-corrected chi connectivity index (χ4v) is 1.26. The summed E-state index contributed by atoms with van der Waals surface area (Å²) in [6.07, 6.45) is 0.